The van der Waals surface area contributed by atoms with E-state index in [0.717, 1.165) is 0 Å². The Morgan fingerprint density at radius 1 is 1.54 bits per heavy atom. The Kier molecular flexibility index (Phi) is 2.99. The third-order valence-electron chi connectivity index (χ3n) is 1.43. The first-order chi connectivity index (χ1) is 6.09. The summed E-state index contributed by atoms with van der Waals surface area (Å²) in [7, 11) is 0. The summed E-state index contributed by atoms with van der Waals surface area (Å²) in [6.45, 7) is 3.13. The maximum Gasteiger partial charge on any atom is 0.144 e. The van der Waals surface area contributed by atoms with Crippen LogP contribution in [0.1, 0.15) is 18.3 Å². The van der Waals surface area contributed by atoms with Crippen molar-refractivity contribution in [3.63, 3.8) is 0 Å². The van der Waals surface area contributed by atoms with E-state index in [1.807, 2.05) is 0 Å². The van der Waals surface area contributed by atoms with Gasteiger partial charge < -0.3 is 5.11 Å². The normalized spacial score (nSPS) is 11.7. The first-order valence-corrected chi connectivity index (χ1v) is 3.92. The molecule has 2 nitrogen and oxygen atoms in total. The predicted octanol–water partition coefficient (Wildman–Crippen LogP) is 1.26. The molecule has 13 heavy (non-hydrogen) atoms. The lowest BCUT2D eigenvalue weighted by molar-refractivity contribution is 0.253. The van der Waals surface area contributed by atoms with E-state index in [-0.39, 0.29) is 5.82 Å². The van der Waals surface area contributed by atoms with E-state index >= 15 is 0 Å². The largest absolute Gasteiger partial charge is 0.381 e. The summed E-state index contributed by atoms with van der Waals surface area (Å²) < 4.78 is 12.7. The molecule has 1 rings (SSSR count). The number of hydrogen-bond donors (Lipinski definition) is 1. The van der Waals surface area contributed by atoms with E-state index < -0.39 is 6.10 Å². The highest BCUT2D eigenvalue weighted by atomic mass is 19.1. The van der Waals surface area contributed by atoms with Crippen molar-refractivity contribution in [1.29, 1.82) is 0 Å². The van der Waals surface area contributed by atoms with Gasteiger partial charge in [-0.1, -0.05) is 5.92 Å². The molecule has 1 atom stereocenters. The van der Waals surface area contributed by atoms with Crippen LogP contribution < -0.4 is 0 Å². The van der Waals surface area contributed by atoms with Gasteiger partial charge in [0, 0.05) is 0 Å². The number of pyridine rings is 1. The molecule has 1 heterocycles. The summed E-state index contributed by atoms with van der Waals surface area (Å²) in [4.78, 5) is 3.88. The molecule has 0 aromatic carbocycles. The fraction of sp³-hybridized carbons (Fsp3) is 0.300. The molecule has 0 saturated carbocycles. The molecule has 0 radical (unpaired) electrons. The van der Waals surface area contributed by atoms with Crippen LogP contribution in [-0.4, -0.2) is 16.2 Å². The number of halogens is 1. The average Bonchev–Trinajstić information content (AvgIpc) is 2.07. The van der Waals surface area contributed by atoms with Crippen LogP contribution >= 0.6 is 0 Å². The quantitative estimate of drug-likeness (QED) is 0.608. The van der Waals surface area contributed by atoms with Gasteiger partial charge in [-0.05, 0) is 31.9 Å². The second-order valence-corrected chi connectivity index (χ2v) is 2.71. The SMILES string of the molecule is Cc1nc(C#C[C@H](C)O)ccc1F. The summed E-state index contributed by atoms with van der Waals surface area (Å²) in [6.07, 6.45) is -0.688. The fourth-order valence-corrected chi connectivity index (χ4v) is 0.792. The van der Waals surface area contributed by atoms with E-state index in [0.29, 0.717) is 11.4 Å². The maximum atomic E-state index is 12.7. The minimum Gasteiger partial charge on any atom is -0.381 e. The highest BCUT2D eigenvalue weighted by molar-refractivity contribution is 5.29. The van der Waals surface area contributed by atoms with Gasteiger partial charge in [0.2, 0.25) is 0 Å². The molecule has 0 aliphatic rings. The zero-order valence-electron chi connectivity index (χ0n) is 7.50. The molecule has 0 aliphatic heterocycles. The Hall–Kier alpha value is -1.40. The summed E-state index contributed by atoms with van der Waals surface area (Å²) in [5, 5.41) is 8.86. The summed E-state index contributed by atoms with van der Waals surface area (Å²) in [6, 6.07) is 2.80. The van der Waals surface area contributed by atoms with Crippen LogP contribution in [0.4, 0.5) is 4.39 Å². The molecule has 0 bridgehead atoms. The number of aliphatic hydroxyl groups is 1. The smallest absolute Gasteiger partial charge is 0.144 e. The van der Waals surface area contributed by atoms with Crippen molar-refractivity contribution < 1.29 is 9.50 Å². The van der Waals surface area contributed by atoms with Crippen LogP contribution in [0.15, 0.2) is 12.1 Å². The van der Waals surface area contributed by atoms with Gasteiger partial charge in [-0.2, -0.15) is 0 Å². The Morgan fingerprint density at radius 2 is 2.23 bits per heavy atom. The first-order valence-electron chi connectivity index (χ1n) is 3.92. The Morgan fingerprint density at radius 3 is 2.77 bits per heavy atom. The molecular formula is C10H10FNO. The molecule has 68 valence electrons. The molecule has 0 saturated heterocycles. The number of aromatic nitrogens is 1. The highest BCUT2D eigenvalue weighted by Gasteiger charge is 1.97. The Balaban J connectivity index is 2.94. The number of aliphatic hydroxyl groups excluding tert-OH is 1. The van der Waals surface area contributed by atoms with Crippen molar-refractivity contribution >= 4 is 0 Å². The van der Waals surface area contributed by atoms with Crippen molar-refractivity contribution in [3.8, 4) is 11.8 Å². The van der Waals surface area contributed by atoms with Crippen LogP contribution in [0.3, 0.4) is 0 Å². The first kappa shape index (κ1) is 9.69. The molecule has 1 aromatic rings. The molecule has 0 amide bonds. The van der Waals surface area contributed by atoms with Crippen molar-refractivity contribution in [2.75, 3.05) is 0 Å². The van der Waals surface area contributed by atoms with Gasteiger partial charge in [-0.15, -0.1) is 0 Å². The molecule has 0 fully saturated rings. The zero-order valence-corrected chi connectivity index (χ0v) is 7.50. The number of nitrogens with zero attached hydrogens (tertiary/aromatic N) is 1. The molecule has 1 N–H and O–H groups in total. The van der Waals surface area contributed by atoms with Crippen LogP contribution in [0.2, 0.25) is 0 Å². The lowest BCUT2D eigenvalue weighted by Gasteiger charge is -1.95. The van der Waals surface area contributed by atoms with E-state index in [9.17, 15) is 4.39 Å². The minimum absolute atomic E-state index is 0.317. The Bertz CT molecular complexity index is 363. The average molecular weight is 179 g/mol. The molecule has 3 heteroatoms. The third kappa shape index (κ3) is 2.85. The van der Waals surface area contributed by atoms with Gasteiger partial charge in [-0.3, -0.25) is 0 Å². The van der Waals surface area contributed by atoms with E-state index in [1.54, 1.807) is 13.8 Å². The zero-order chi connectivity index (χ0) is 9.84. The maximum absolute atomic E-state index is 12.7. The van der Waals surface area contributed by atoms with Crippen LogP contribution in [0.5, 0.6) is 0 Å². The van der Waals surface area contributed by atoms with Crippen LogP contribution in [-0.2, 0) is 0 Å². The lowest BCUT2D eigenvalue weighted by atomic mass is 10.3. The van der Waals surface area contributed by atoms with Gasteiger partial charge in [0.05, 0.1) is 5.69 Å². The summed E-state index contributed by atoms with van der Waals surface area (Å²) >= 11 is 0. The minimum atomic E-state index is -0.688. The molecule has 0 aliphatic carbocycles. The van der Waals surface area contributed by atoms with Crippen LogP contribution in [0.25, 0.3) is 0 Å². The molecule has 1 aromatic heterocycles. The van der Waals surface area contributed by atoms with Gasteiger partial charge in [-0.25, -0.2) is 9.37 Å². The second-order valence-electron chi connectivity index (χ2n) is 2.71. The van der Waals surface area contributed by atoms with Gasteiger partial charge in [0.25, 0.3) is 0 Å². The third-order valence-corrected chi connectivity index (χ3v) is 1.43. The fourth-order valence-electron chi connectivity index (χ4n) is 0.792. The van der Waals surface area contributed by atoms with E-state index in [4.69, 9.17) is 5.11 Å². The van der Waals surface area contributed by atoms with Gasteiger partial charge >= 0.3 is 0 Å². The second kappa shape index (κ2) is 4.01. The highest BCUT2D eigenvalue weighted by Crippen LogP contribution is 2.03. The topological polar surface area (TPSA) is 33.1 Å². The van der Waals surface area contributed by atoms with Crippen molar-refractivity contribution in [2.24, 2.45) is 0 Å². The van der Waals surface area contributed by atoms with Crippen molar-refractivity contribution in [3.05, 3.63) is 29.3 Å². The number of rotatable bonds is 0. The number of aryl methyl sites for hydroxylation is 1. The summed E-state index contributed by atoms with van der Waals surface area (Å²) in [5.74, 6) is 4.82. The monoisotopic (exact) mass is 179 g/mol. The molecule has 0 spiro atoms. The lowest BCUT2D eigenvalue weighted by Crippen LogP contribution is -1.95. The predicted molar refractivity (Wildman–Crippen MR) is 47.5 cm³/mol. The molecular weight excluding hydrogens is 169 g/mol. The van der Waals surface area contributed by atoms with Crippen molar-refractivity contribution in [2.45, 2.75) is 20.0 Å². The number of hydrogen-bond acceptors (Lipinski definition) is 2. The van der Waals surface area contributed by atoms with Crippen LogP contribution in [0, 0.1) is 24.6 Å². The standard InChI is InChI=1S/C10H10FNO/c1-7(13)3-4-9-5-6-10(11)8(2)12-9/h5-7,13H,1-2H3/t7-/m0/s1. The molecule has 0 unspecified atom stereocenters. The van der Waals surface area contributed by atoms with E-state index in [1.165, 1.54) is 12.1 Å². The van der Waals surface area contributed by atoms with Gasteiger partial charge in [0.15, 0.2) is 0 Å². The van der Waals surface area contributed by atoms with Gasteiger partial charge in [0.1, 0.15) is 17.6 Å². The Labute approximate surface area is 76.4 Å². The van der Waals surface area contributed by atoms with Crippen molar-refractivity contribution in [1.82, 2.24) is 4.98 Å². The van der Waals surface area contributed by atoms with E-state index in [2.05, 4.69) is 16.8 Å². The summed E-state index contributed by atoms with van der Waals surface area (Å²) in [5.41, 5.74) is 0.789.